The highest BCUT2D eigenvalue weighted by molar-refractivity contribution is 7.19. The van der Waals surface area contributed by atoms with Crippen LogP contribution in [-0.2, 0) is 0 Å². The molecule has 8 rings (SSSR count). The van der Waals surface area contributed by atoms with Gasteiger partial charge in [0.1, 0.15) is 0 Å². The van der Waals surface area contributed by atoms with Crippen LogP contribution in [0, 0.1) is 17.4 Å². The molecule has 0 amide bonds. The number of nitrogens with two attached hydrogens (primary N) is 1. The van der Waals surface area contributed by atoms with Gasteiger partial charge >= 0.3 is 0 Å². The molecule has 2 aliphatic heterocycles. The van der Waals surface area contributed by atoms with Crippen LogP contribution in [0.2, 0.25) is 4.47 Å². The van der Waals surface area contributed by atoms with Gasteiger partial charge in [-0.05, 0) is 23.1 Å². The van der Waals surface area contributed by atoms with E-state index in [0.29, 0.717) is 21.6 Å². The van der Waals surface area contributed by atoms with Gasteiger partial charge in [0.2, 0.25) is 0 Å². The van der Waals surface area contributed by atoms with Gasteiger partial charge in [-0.1, -0.05) is 125 Å². The van der Waals surface area contributed by atoms with Crippen molar-refractivity contribution < 1.29 is 0 Å². The second kappa shape index (κ2) is 14.7. The van der Waals surface area contributed by atoms with Gasteiger partial charge in [-0.2, -0.15) is 5.26 Å². The number of nitriles is 1. The number of hydrogen-bond acceptors (Lipinski definition) is 10. The first kappa shape index (κ1) is 30.7. The number of halogens is 1. The lowest BCUT2D eigenvalue weighted by Gasteiger charge is -2.22. The minimum atomic E-state index is 0.458. The van der Waals surface area contributed by atoms with Crippen LogP contribution >= 0.6 is 45.6 Å². The first-order valence-corrected chi connectivity index (χ1v) is 17.3. The summed E-state index contributed by atoms with van der Waals surface area (Å²) in [7, 11) is 0. The highest BCUT2D eigenvalue weighted by Gasteiger charge is 2.42. The molecule has 226 valence electrons. The lowest BCUT2D eigenvalue weighted by Crippen LogP contribution is -2.34. The highest BCUT2D eigenvalue weighted by atomic mass is 35.5. The molecule has 2 atom stereocenters. The van der Waals surface area contributed by atoms with Crippen LogP contribution < -0.4 is 10.6 Å². The number of benzene rings is 3. The van der Waals surface area contributed by atoms with Gasteiger partial charge in [0.25, 0.3) is 0 Å². The summed E-state index contributed by atoms with van der Waals surface area (Å²) < 4.78 is 0.592. The van der Waals surface area contributed by atoms with E-state index in [1.54, 1.807) is 23.7 Å². The minimum absolute atomic E-state index is 0.458. The number of nitrogen functional groups attached to an aromatic ring is 1. The first-order valence-electron chi connectivity index (χ1n) is 14.4. The molecule has 0 spiro atoms. The van der Waals surface area contributed by atoms with Crippen molar-refractivity contribution in [3.8, 4) is 37.5 Å². The Morgan fingerprint density at radius 1 is 0.711 bits per heavy atom. The molecule has 2 N–H and O–H groups in total. The van der Waals surface area contributed by atoms with E-state index < -0.39 is 0 Å². The van der Waals surface area contributed by atoms with Gasteiger partial charge in [0.15, 0.2) is 20.9 Å². The van der Waals surface area contributed by atoms with Crippen LogP contribution in [0.5, 0.6) is 0 Å². The molecule has 6 aromatic rings. The van der Waals surface area contributed by atoms with Crippen LogP contribution in [-0.4, -0.2) is 45.5 Å². The van der Waals surface area contributed by atoms with Crippen LogP contribution in [0.1, 0.15) is 6.42 Å². The van der Waals surface area contributed by atoms with Crippen LogP contribution in [0.3, 0.4) is 0 Å². The molecule has 7 nitrogen and oxygen atoms in total. The van der Waals surface area contributed by atoms with Crippen molar-refractivity contribution in [1.29, 1.82) is 5.26 Å². The molecule has 2 saturated heterocycles. The van der Waals surface area contributed by atoms with Gasteiger partial charge in [-0.3, -0.25) is 0 Å². The Morgan fingerprint density at radius 3 is 1.76 bits per heavy atom. The zero-order valence-electron chi connectivity index (χ0n) is 24.2. The molecule has 0 unspecified atom stereocenters. The monoisotopic (exact) mass is 667 g/mol. The molecule has 11 heteroatoms. The molecule has 45 heavy (non-hydrogen) atoms. The average Bonchev–Trinajstić information content (AvgIpc) is 3.93. The maximum atomic E-state index is 9.08. The summed E-state index contributed by atoms with van der Waals surface area (Å²) in [5.41, 5.74) is 9.09. The number of nitrogens with zero attached hydrogens (tertiary/aromatic N) is 6. The largest absolute Gasteiger partial charge is 0.375 e. The van der Waals surface area contributed by atoms with Crippen molar-refractivity contribution >= 4 is 55.9 Å². The lowest BCUT2D eigenvalue weighted by molar-refractivity contribution is 0.446. The summed E-state index contributed by atoms with van der Waals surface area (Å²) in [6.45, 7) is 2.83. The molecule has 5 heterocycles. The van der Waals surface area contributed by atoms with E-state index >= 15 is 0 Å². The third-order valence-corrected chi connectivity index (χ3v) is 10.7. The standard InChI is InChI=1S/C16H16N4S.C9H6ClNS.C9H8N2S/c17-11-19-9-13-6-7-20(14(13)10-19)16-18-8-15(21-16)12-4-2-1-3-5-12;2*10-9-11-6-8(12-9)7-4-2-1-3-5-7/h1-5,8,13-14H,6-7,9-10H2;1-6H;1-6H,(H2,10,11)/t13-,14+;;/m1../s1. The van der Waals surface area contributed by atoms with Crippen molar-refractivity contribution in [3.05, 3.63) is 114 Å². The van der Waals surface area contributed by atoms with Crippen molar-refractivity contribution in [2.24, 2.45) is 5.92 Å². The summed E-state index contributed by atoms with van der Waals surface area (Å²) in [5, 5.41) is 10.8. The number of rotatable bonds is 4. The number of aromatic nitrogens is 3. The quantitative estimate of drug-likeness (QED) is 0.188. The molecule has 0 radical (unpaired) electrons. The predicted octanol–water partition coefficient (Wildman–Crippen LogP) is 8.66. The number of hydrogen-bond donors (Lipinski definition) is 1. The zero-order valence-corrected chi connectivity index (χ0v) is 27.4. The molecule has 3 aromatic heterocycles. The first-order chi connectivity index (χ1) is 22.1. The Morgan fingerprint density at radius 2 is 1.24 bits per heavy atom. The predicted molar refractivity (Wildman–Crippen MR) is 188 cm³/mol. The van der Waals surface area contributed by atoms with E-state index in [9.17, 15) is 0 Å². The third kappa shape index (κ3) is 7.70. The summed E-state index contributed by atoms with van der Waals surface area (Å²) in [4.78, 5) is 20.3. The maximum absolute atomic E-state index is 9.08. The molecule has 3 aromatic carbocycles. The summed E-state index contributed by atoms with van der Waals surface area (Å²) in [6.07, 6.45) is 9.02. The third-order valence-electron chi connectivity index (χ3n) is 7.60. The van der Waals surface area contributed by atoms with Gasteiger partial charge in [0, 0.05) is 44.1 Å². The molecule has 0 bridgehead atoms. The van der Waals surface area contributed by atoms with E-state index in [1.807, 2.05) is 77.8 Å². The number of thiazole rings is 3. The second-order valence-corrected chi connectivity index (χ2v) is 14.1. The number of fused-ring (bicyclic) bond motifs is 1. The molecular formula is C34H30ClN7S3. The van der Waals surface area contributed by atoms with E-state index in [0.717, 1.165) is 34.5 Å². The van der Waals surface area contributed by atoms with Crippen molar-refractivity contribution in [1.82, 2.24) is 19.9 Å². The average molecular weight is 668 g/mol. The Bertz CT molecular complexity index is 1760. The second-order valence-electron chi connectivity index (χ2n) is 10.5. The smallest absolute Gasteiger partial charge is 0.186 e. The maximum Gasteiger partial charge on any atom is 0.186 e. The fraction of sp³-hybridized carbons (Fsp3) is 0.176. The van der Waals surface area contributed by atoms with Gasteiger partial charge in [-0.25, -0.2) is 15.0 Å². The van der Waals surface area contributed by atoms with E-state index in [4.69, 9.17) is 22.6 Å². The van der Waals surface area contributed by atoms with Crippen LogP contribution in [0.4, 0.5) is 10.3 Å². The Balaban J connectivity index is 0.000000128. The van der Waals surface area contributed by atoms with Crippen LogP contribution in [0.15, 0.2) is 110 Å². The van der Waals surface area contributed by atoms with Gasteiger partial charge < -0.3 is 15.5 Å². The Labute approximate surface area is 279 Å². The fourth-order valence-corrected chi connectivity index (χ4v) is 8.07. The summed E-state index contributed by atoms with van der Waals surface area (Å²) in [5.74, 6) is 0.619. The van der Waals surface area contributed by atoms with E-state index in [2.05, 4.69) is 50.3 Å². The summed E-state index contributed by atoms with van der Waals surface area (Å²) in [6, 6.07) is 31.0. The van der Waals surface area contributed by atoms with Crippen LogP contribution in [0.25, 0.3) is 31.3 Å². The highest BCUT2D eigenvalue weighted by Crippen LogP contribution is 2.39. The number of likely N-dealkylation sites (tertiary alicyclic amines) is 1. The summed E-state index contributed by atoms with van der Waals surface area (Å²) >= 11 is 10.5. The van der Waals surface area contributed by atoms with Gasteiger partial charge in [-0.15, -0.1) is 11.3 Å². The topological polar surface area (TPSA) is 95.0 Å². The van der Waals surface area contributed by atoms with E-state index in [-0.39, 0.29) is 0 Å². The molecule has 2 fully saturated rings. The molecular weight excluding hydrogens is 638 g/mol. The van der Waals surface area contributed by atoms with Crippen molar-refractivity contribution in [2.75, 3.05) is 30.3 Å². The van der Waals surface area contributed by atoms with Gasteiger partial charge in [0.05, 0.1) is 20.7 Å². The molecule has 0 aliphatic carbocycles. The number of anilines is 2. The minimum Gasteiger partial charge on any atom is -0.375 e. The molecule has 0 saturated carbocycles. The fourth-order valence-electron chi connectivity index (χ4n) is 5.43. The lowest BCUT2D eigenvalue weighted by atomic mass is 10.1. The Kier molecular flexibility index (Phi) is 10.0. The Hall–Kier alpha value is -4.27. The molecule has 2 aliphatic rings. The van der Waals surface area contributed by atoms with Crippen molar-refractivity contribution in [3.63, 3.8) is 0 Å². The van der Waals surface area contributed by atoms with Crippen molar-refractivity contribution in [2.45, 2.75) is 12.5 Å². The van der Waals surface area contributed by atoms with E-state index in [1.165, 1.54) is 50.7 Å². The normalized spacial score (nSPS) is 16.6. The SMILES string of the molecule is Clc1ncc(-c2ccccc2)s1.N#CN1C[C@H]2CCN(c3ncc(-c4ccccc4)s3)[C@H]2C1.Nc1ncc(-c2ccccc2)s1. The zero-order chi connectivity index (χ0) is 31.0.